The summed E-state index contributed by atoms with van der Waals surface area (Å²) in [6.45, 7) is 0. The van der Waals surface area contributed by atoms with E-state index in [-0.39, 0.29) is 0 Å². The molecule has 0 saturated carbocycles. The molecule has 120 valence electrons. The zero-order chi connectivity index (χ0) is 16.4. The van der Waals surface area contributed by atoms with Crippen molar-refractivity contribution in [2.75, 3.05) is 0 Å². The summed E-state index contributed by atoms with van der Waals surface area (Å²) < 4.78 is 1.31. The van der Waals surface area contributed by atoms with E-state index in [0.717, 1.165) is 11.1 Å². The van der Waals surface area contributed by atoms with Crippen LogP contribution in [0.3, 0.4) is 0 Å². The summed E-state index contributed by atoms with van der Waals surface area (Å²) in [6, 6.07) is 18.3. The van der Waals surface area contributed by atoms with E-state index >= 15 is 0 Å². The van der Waals surface area contributed by atoms with Crippen LogP contribution in [0.4, 0.5) is 0 Å². The molecule has 0 aliphatic heterocycles. The zero-order valence-electron chi connectivity index (χ0n) is 13.3. The van der Waals surface area contributed by atoms with Gasteiger partial charge in [0, 0.05) is 0 Å². The van der Waals surface area contributed by atoms with E-state index in [9.17, 15) is 5.11 Å². The van der Waals surface area contributed by atoms with Crippen LogP contribution in [-0.2, 0) is 0 Å². The second-order valence-electron chi connectivity index (χ2n) is 6.24. The topological polar surface area (TPSA) is 20.2 Å². The van der Waals surface area contributed by atoms with Gasteiger partial charge in [-0.15, -0.1) is 0 Å². The fraction of sp³-hybridized carbons (Fsp3) is 0.182. The van der Waals surface area contributed by atoms with Gasteiger partial charge in [0.2, 0.25) is 0 Å². The number of rotatable bonds is 4. The van der Waals surface area contributed by atoms with Crippen molar-refractivity contribution >= 4 is 19.4 Å². The Hall–Kier alpha value is -1.86. The monoisotopic (exact) mass is 380 g/mol. The van der Waals surface area contributed by atoms with Crippen LogP contribution < -0.4 is 4.46 Å². The molecular weight excluding hydrogens is 359 g/mol. The van der Waals surface area contributed by atoms with Gasteiger partial charge in [-0.25, -0.2) is 0 Å². The van der Waals surface area contributed by atoms with Crippen LogP contribution in [0.25, 0.3) is 0 Å². The molecule has 24 heavy (non-hydrogen) atoms. The molecule has 0 heterocycles. The summed E-state index contributed by atoms with van der Waals surface area (Å²) in [5.41, 5.74) is 2.02. The molecule has 0 radical (unpaired) electrons. The molecule has 4 rings (SSSR count). The first-order valence-corrected chi connectivity index (χ1v) is 10.2. The van der Waals surface area contributed by atoms with Crippen molar-refractivity contribution in [1.29, 1.82) is 0 Å². The number of fused-ring (bicyclic) bond motifs is 2. The van der Waals surface area contributed by atoms with E-state index in [1.807, 2.05) is 36.4 Å². The third-order valence-corrected chi connectivity index (χ3v) is 7.89. The molecule has 2 aromatic rings. The standard InChI is InChI=1S/C22H20OSe/c23-21(16-8-2-1-3-9-16)19-12-6-7-13-20(19)24-22-17-10-4-5-11-18(22)15-14-17/h1-15,17-18,21-23H. The van der Waals surface area contributed by atoms with E-state index in [0.29, 0.717) is 31.6 Å². The summed E-state index contributed by atoms with van der Waals surface area (Å²) in [7, 11) is 0. The first-order valence-electron chi connectivity index (χ1n) is 8.35. The maximum absolute atomic E-state index is 10.9. The SMILES string of the molecule is OC(c1ccccc1)c1ccccc1[Se]C1C2C=CC=CC1C=C2. The van der Waals surface area contributed by atoms with Gasteiger partial charge < -0.3 is 0 Å². The Balaban J connectivity index is 1.63. The predicted molar refractivity (Wildman–Crippen MR) is 100 cm³/mol. The summed E-state index contributed by atoms with van der Waals surface area (Å²) >= 11 is 0.310. The first-order chi connectivity index (χ1) is 11.8. The average molecular weight is 379 g/mol. The number of aliphatic hydroxyl groups excluding tert-OH is 1. The van der Waals surface area contributed by atoms with Crippen LogP contribution in [0.5, 0.6) is 0 Å². The van der Waals surface area contributed by atoms with Gasteiger partial charge in [-0.3, -0.25) is 0 Å². The van der Waals surface area contributed by atoms with Crippen LogP contribution >= 0.6 is 0 Å². The van der Waals surface area contributed by atoms with E-state index in [4.69, 9.17) is 0 Å². The fourth-order valence-corrected chi connectivity index (χ4v) is 6.42. The number of hydrogen-bond donors (Lipinski definition) is 1. The van der Waals surface area contributed by atoms with Crippen molar-refractivity contribution < 1.29 is 5.11 Å². The third-order valence-electron chi connectivity index (χ3n) is 4.68. The maximum atomic E-state index is 10.9. The fourth-order valence-electron chi connectivity index (χ4n) is 3.40. The molecule has 3 atom stereocenters. The van der Waals surface area contributed by atoms with Crippen LogP contribution in [0, 0.1) is 11.8 Å². The average Bonchev–Trinajstić information content (AvgIpc) is 2.88. The van der Waals surface area contributed by atoms with Crippen LogP contribution in [0.15, 0.2) is 91.1 Å². The Kier molecular flexibility index (Phi) is 4.53. The Bertz CT molecular complexity index is 769. The molecule has 2 bridgehead atoms. The third kappa shape index (κ3) is 3.06. The number of benzene rings is 2. The van der Waals surface area contributed by atoms with Crippen molar-refractivity contribution in [3.8, 4) is 0 Å². The van der Waals surface area contributed by atoms with E-state index in [1.54, 1.807) is 0 Å². The molecule has 3 unspecified atom stereocenters. The van der Waals surface area contributed by atoms with Gasteiger partial charge in [0.25, 0.3) is 0 Å². The normalized spacial score (nSPS) is 25.6. The molecule has 1 N–H and O–H groups in total. The van der Waals surface area contributed by atoms with Gasteiger partial charge >= 0.3 is 149 Å². The minimum absolute atomic E-state index is 0.310. The van der Waals surface area contributed by atoms with Gasteiger partial charge in [0.1, 0.15) is 0 Å². The van der Waals surface area contributed by atoms with Gasteiger partial charge in [0.15, 0.2) is 0 Å². The van der Waals surface area contributed by atoms with Crippen LogP contribution in [0.2, 0.25) is 4.82 Å². The number of hydrogen-bond acceptors (Lipinski definition) is 1. The second kappa shape index (κ2) is 6.94. The predicted octanol–water partition coefficient (Wildman–Crippen LogP) is 3.81. The zero-order valence-corrected chi connectivity index (χ0v) is 15.0. The molecule has 2 aliphatic carbocycles. The second-order valence-corrected chi connectivity index (χ2v) is 8.80. The van der Waals surface area contributed by atoms with E-state index in [2.05, 4.69) is 54.7 Å². The minimum atomic E-state index is -0.549. The van der Waals surface area contributed by atoms with Crippen molar-refractivity contribution in [1.82, 2.24) is 0 Å². The quantitative estimate of drug-likeness (QED) is 0.633. The molecule has 2 heteroatoms. The van der Waals surface area contributed by atoms with Crippen molar-refractivity contribution in [3.05, 3.63) is 102 Å². The van der Waals surface area contributed by atoms with E-state index in [1.165, 1.54) is 4.46 Å². The molecule has 0 fully saturated rings. The summed E-state index contributed by atoms with van der Waals surface area (Å²) in [6.07, 6.45) is 13.1. The van der Waals surface area contributed by atoms with Crippen molar-refractivity contribution in [2.45, 2.75) is 10.9 Å². The van der Waals surface area contributed by atoms with Crippen molar-refractivity contribution in [3.63, 3.8) is 0 Å². The number of allylic oxidation sites excluding steroid dienone is 6. The summed E-state index contributed by atoms with van der Waals surface area (Å²) in [4.78, 5) is 0.608. The van der Waals surface area contributed by atoms with Gasteiger partial charge in [-0.05, 0) is 0 Å². The Labute approximate surface area is 149 Å². The van der Waals surface area contributed by atoms with Gasteiger partial charge in [0.05, 0.1) is 0 Å². The first kappa shape index (κ1) is 15.7. The molecular formula is C22H20OSe. The van der Waals surface area contributed by atoms with Gasteiger partial charge in [-0.2, -0.15) is 0 Å². The summed E-state index contributed by atoms with van der Waals surface area (Å²) in [5.74, 6) is 1.04. The van der Waals surface area contributed by atoms with Crippen LogP contribution in [-0.4, -0.2) is 20.1 Å². The van der Waals surface area contributed by atoms with Crippen LogP contribution in [0.1, 0.15) is 17.2 Å². The number of aliphatic hydroxyl groups is 1. The Morgan fingerprint density at radius 3 is 2.08 bits per heavy atom. The molecule has 0 aromatic heterocycles. The molecule has 0 amide bonds. The molecule has 2 aliphatic rings. The Morgan fingerprint density at radius 1 is 0.750 bits per heavy atom. The molecule has 1 nitrogen and oxygen atoms in total. The van der Waals surface area contributed by atoms with Crippen molar-refractivity contribution in [2.24, 2.45) is 11.8 Å². The van der Waals surface area contributed by atoms with Gasteiger partial charge in [-0.1, -0.05) is 0 Å². The Morgan fingerprint density at radius 2 is 1.38 bits per heavy atom. The summed E-state index contributed by atoms with van der Waals surface area (Å²) in [5, 5.41) is 10.9. The molecule has 0 spiro atoms. The molecule has 2 aromatic carbocycles. The van der Waals surface area contributed by atoms with E-state index < -0.39 is 6.10 Å². The molecule has 0 saturated heterocycles.